The van der Waals surface area contributed by atoms with Gasteiger partial charge >= 0.3 is 0 Å². The Bertz CT molecular complexity index is 441. The molecule has 25 heavy (non-hydrogen) atoms. The average Bonchev–Trinajstić information content (AvgIpc) is 2.48. The predicted octanol–water partition coefficient (Wildman–Crippen LogP) is 6.99. The second-order valence-corrected chi connectivity index (χ2v) is 10.4. The molecule has 2 atom stereocenters. The molecule has 0 bridgehead atoms. The first-order valence-electron chi connectivity index (χ1n) is 10.7. The van der Waals surface area contributed by atoms with Crippen LogP contribution in [0.5, 0.6) is 0 Å². The fourth-order valence-corrected chi connectivity index (χ4v) is 5.96. The summed E-state index contributed by atoms with van der Waals surface area (Å²) in [6.45, 7) is 21.9. The van der Waals surface area contributed by atoms with E-state index in [2.05, 4.69) is 52.7 Å². The van der Waals surface area contributed by atoms with E-state index < -0.39 is 0 Å². The molecule has 0 radical (unpaired) electrons. The van der Waals surface area contributed by atoms with Gasteiger partial charge in [-0.05, 0) is 90.4 Å². The molecule has 2 fully saturated rings. The Morgan fingerprint density at radius 2 is 1.72 bits per heavy atom. The smallest absolute Gasteiger partial charge is 0.0161 e. The van der Waals surface area contributed by atoms with Gasteiger partial charge in [0.05, 0.1) is 0 Å². The number of rotatable bonds is 7. The molecule has 0 aromatic carbocycles. The topological polar surface area (TPSA) is 3.24 Å². The van der Waals surface area contributed by atoms with Gasteiger partial charge in [0.15, 0.2) is 0 Å². The third kappa shape index (κ3) is 5.71. The van der Waals surface area contributed by atoms with E-state index in [-0.39, 0.29) is 0 Å². The molecule has 1 aliphatic heterocycles. The summed E-state index contributed by atoms with van der Waals surface area (Å²) in [5.41, 5.74) is 2.02. The van der Waals surface area contributed by atoms with E-state index in [1.165, 1.54) is 57.1 Å². The van der Waals surface area contributed by atoms with E-state index in [9.17, 15) is 0 Å². The summed E-state index contributed by atoms with van der Waals surface area (Å²) in [5, 5.41) is 0. The predicted molar refractivity (Wildman–Crippen MR) is 112 cm³/mol. The van der Waals surface area contributed by atoms with E-state index in [1.54, 1.807) is 0 Å². The Morgan fingerprint density at radius 3 is 2.28 bits per heavy atom. The summed E-state index contributed by atoms with van der Waals surface area (Å²) in [4.78, 5) is 2.87. The second-order valence-electron chi connectivity index (χ2n) is 10.4. The monoisotopic (exact) mass is 345 g/mol. The van der Waals surface area contributed by atoms with Crippen LogP contribution in [0.25, 0.3) is 0 Å². The molecule has 0 N–H and O–H groups in total. The molecule has 1 saturated heterocycles. The Hall–Kier alpha value is -0.560. The minimum Gasteiger partial charge on any atom is -0.293 e. The van der Waals surface area contributed by atoms with E-state index in [1.807, 2.05) is 6.08 Å². The van der Waals surface area contributed by atoms with E-state index >= 15 is 0 Å². The Balaban J connectivity index is 2.00. The number of nitrogens with zero attached hydrogens (tertiary/aromatic N) is 1. The lowest BCUT2D eigenvalue weighted by Gasteiger charge is -2.57. The van der Waals surface area contributed by atoms with E-state index in [0.29, 0.717) is 11.1 Å². The van der Waals surface area contributed by atoms with Gasteiger partial charge in [-0.15, -0.1) is 6.58 Å². The van der Waals surface area contributed by atoms with Gasteiger partial charge in [-0.25, -0.2) is 0 Å². The molecule has 0 aromatic heterocycles. The van der Waals surface area contributed by atoms with Crippen molar-refractivity contribution in [2.45, 2.75) is 103 Å². The zero-order valence-corrected chi connectivity index (χ0v) is 17.7. The number of piperidine rings is 1. The molecule has 0 aromatic rings. The fourth-order valence-electron chi connectivity index (χ4n) is 5.96. The molecule has 1 saturated carbocycles. The van der Waals surface area contributed by atoms with Crippen LogP contribution in [0.1, 0.15) is 92.4 Å². The summed E-state index contributed by atoms with van der Waals surface area (Å²) in [5.74, 6) is 2.61. The summed E-state index contributed by atoms with van der Waals surface area (Å²) < 4.78 is 0. The molecule has 2 rings (SSSR count). The van der Waals surface area contributed by atoms with Crippen molar-refractivity contribution < 1.29 is 0 Å². The van der Waals surface area contributed by atoms with Crippen LogP contribution in [0.3, 0.4) is 0 Å². The highest BCUT2D eigenvalue weighted by Gasteiger charge is 2.45. The molecule has 1 aliphatic carbocycles. The van der Waals surface area contributed by atoms with Crippen LogP contribution in [0.4, 0.5) is 0 Å². The third-order valence-electron chi connectivity index (χ3n) is 6.80. The highest BCUT2D eigenvalue weighted by atomic mass is 15.3. The first-order chi connectivity index (χ1) is 11.6. The molecule has 2 unspecified atom stereocenters. The van der Waals surface area contributed by atoms with Gasteiger partial charge < -0.3 is 0 Å². The minimum absolute atomic E-state index is 0.297. The molecule has 1 nitrogen and oxygen atoms in total. The molecule has 2 aliphatic rings. The average molecular weight is 346 g/mol. The maximum absolute atomic E-state index is 4.34. The highest BCUT2D eigenvalue weighted by Crippen LogP contribution is 2.45. The van der Waals surface area contributed by atoms with Gasteiger partial charge in [-0.3, -0.25) is 4.90 Å². The van der Waals surface area contributed by atoms with Crippen molar-refractivity contribution in [3.05, 3.63) is 24.8 Å². The van der Waals surface area contributed by atoms with Gasteiger partial charge in [-0.1, -0.05) is 38.0 Å². The van der Waals surface area contributed by atoms with Crippen molar-refractivity contribution in [3.63, 3.8) is 0 Å². The Labute approximate surface area is 158 Å². The fraction of sp³-hybridized carbons (Fsp3) is 0.833. The first-order valence-corrected chi connectivity index (χ1v) is 10.7. The van der Waals surface area contributed by atoms with Gasteiger partial charge in [0, 0.05) is 17.6 Å². The molecular weight excluding hydrogens is 302 g/mol. The normalized spacial score (nSPS) is 30.1. The molecule has 0 amide bonds. The van der Waals surface area contributed by atoms with Gasteiger partial charge in [-0.2, -0.15) is 0 Å². The van der Waals surface area contributed by atoms with Crippen molar-refractivity contribution in [2.75, 3.05) is 6.54 Å². The zero-order chi connectivity index (χ0) is 18.7. The minimum atomic E-state index is 0.297. The van der Waals surface area contributed by atoms with Crippen molar-refractivity contribution in [2.24, 2.45) is 17.8 Å². The summed E-state index contributed by atoms with van der Waals surface area (Å²) >= 11 is 0. The number of hydrogen-bond acceptors (Lipinski definition) is 1. The van der Waals surface area contributed by atoms with E-state index in [0.717, 1.165) is 30.6 Å². The van der Waals surface area contributed by atoms with Crippen molar-refractivity contribution in [3.8, 4) is 0 Å². The summed E-state index contributed by atoms with van der Waals surface area (Å²) in [6.07, 6.45) is 13.8. The SMILES string of the molecule is C=CCCC(=C)CC1CC(C)(C)N(CC2CCCC(C)C2)C(C)(C)C1. The van der Waals surface area contributed by atoms with E-state index in [4.69, 9.17) is 0 Å². The Morgan fingerprint density at radius 1 is 1.08 bits per heavy atom. The first kappa shape index (κ1) is 20.7. The maximum Gasteiger partial charge on any atom is 0.0161 e. The van der Waals surface area contributed by atoms with Crippen molar-refractivity contribution in [1.82, 2.24) is 4.90 Å². The van der Waals surface area contributed by atoms with Crippen LogP contribution in [0.2, 0.25) is 0 Å². The van der Waals surface area contributed by atoms with Gasteiger partial charge in [0.1, 0.15) is 0 Å². The molecule has 1 heteroatoms. The van der Waals surface area contributed by atoms with Gasteiger partial charge in [0.2, 0.25) is 0 Å². The highest BCUT2D eigenvalue weighted by molar-refractivity contribution is 5.05. The zero-order valence-electron chi connectivity index (χ0n) is 17.7. The van der Waals surface area contributed by atoms with Crippen LogP contribution in [-0.2, 0) is 0 Å². The summed E-state index contributed by atoms with van der Waals surface area (Å²) in [6, 6.07) is 0. The lowest BCUT2D eigenvalue weighted by Crippen LogP contribution is -2.61. The third-order valence-corrected chi connectivity index (χ3v) is 6.80. The van der Waals surface area contributed by atoms with Crippen molar-refractivity contribution in [1.29, 1.82) is 0 Å². The largest absolute Gasteiger partial charge is 0.293 e. The standard InChI is InChI=1S/C24H43N/c1-8-9-11-19(2)15-22-16-23(4,5)25(24(6,7)17-22)18-21-13-10-12-20(3)14-21/h8,20-22H,1-2,9-18H2,3-7H3. The van der Waals surface area contributed by atoms with Crippen LogP contribution in [0.15, 0.2) is 24.8 Å². The van der Waals surface area contributed by atoms with Crippen LogP contribution in [-0.4, -0.2) is 22.5 Å². The second kappa shape index (κ2) is 8.42. The van der Waals surface area contributed by atoms with Crippen LogP contribution in [0, 0.1) is 17.8 Å². The Kier molecular flexibility index (Phi) is 6.99. The molecule has 1 heterocycles. The quantitative estimate of drug-likeness (QED) is 0.449. The molecular formula is C24H43N. The lowest BCUT2D eigenvalue weighted by molar-refractivity contribution is -0.0648. The number of hydrogen-bond donors (Lipinski definition) is 0. The molecule has 0 spiro atoms. The number of likely N-dealkylation sites (tertiary alicyclic amines) is 1. The summed E-state index contributed by atoms with van der Waals surface area (Å²) in [7, 11) is 0. The maximum atomic E-state index is 4.34. The lowest BCUT2D eigenvalue weighted by atomic mass is 9.70. The van der Waals surface area contributed by atoms with Crippen LogP contribution < -0.4 is 0 Å². The van der Waals surface area contributed by atoms with Gasteiger partial charge in [0.25, 0.3) is 0 Å². The van der Waals surface area contributed by atoms with Crippen LogP contribution >= 0.6 is 0 Å². The number of allylic oxidation sites excluding steroid dienone is 2. The molecule has 144 valence electrons. The van der Waals surface area contributed by atoms with Crippen molar-refractivity contribution >= 4 is 0 Å².